The minimum Gasteiger partial charge on any atom is -0.506 e. The van der Waals surface area contributed by atoms with Gasteiger partial charge in [-0.1, -0.05) is 34.8 Å². The van der Waals surface area contributed by atoms with Crippen molar-refractivity contribution in [2.45, 2.75) is 6.54 Å². The normalized spacial score (nSPS) is 14.6. The molecule has 0 atom stereocenters. The van der Waals surface area contributed by atoms with Crippen molar-refractivity contribution in [3.8, 4) is 5.75 Å². The summed E-state index contributed by atoms with van der Waals surface area (Å²) in [5.74, 6) is -1.42. The highest BCUT2D eigenvalue weighted by molar-refractivity contribution is 7.13. The molecular formula is C24H23Cl3N4O3S. The average molecular weight is 554 g/mol. The Bertz CT molecular complexity index is 1240. The maximum Gasteiger partial charge on any atom is 0.267 e. The Hall–Kier alpha value is -2.33. The van der Waals surface area contributed by atoms with Crippen LogP contribution in [-0.4, -0.2) is 59.9 Å². The van der Waals surface area contributed by atoms with Crippen LogP contribution in [0.3, 0.4) is 0 Å². The Labute approximate surface area is 222 Å². The topological polar surface area (TPSA) is 84.9 Å². The van der Waals surface area contributed by atoms with Crippen LogP contribution in [0.2, 0.25) is 15.1 Å². The van der Waals surface area contributed by atoms with Gasteiger partial charge in [-0.15, -0.1) is 11.3 Å². The summed E-state index contributed by atoms with van der Waals surface area (Å²) in [5, 5.41) is 18.7. The zero-order valence-corrected chi connectivity index (χ0v) is 21.9. The van der Waals surface area contributed by atoms with Crippen molar-refractivity contribution in [1.82, 2.24) is 9.80 Å². The first-order valence-corrected chi connectivity index (χ1v) is 12.8. The van der Waals surface area contributed by atoms with E-state index >= 15 is 0 Å². The lowest BCUT2D eigenvalue weighted by Gasteiger charge is -2.32. The lowest BCUT2D eigenvalue weighted by atomic mass is 10.1. The molecule has 0 aliphatic carbocycles. The highest BCUT2D eigenvalue weighted by Gasteiger charge is 2.24. The number of benzene rings is 2. The van der Waals surface area contributed by atoms with Gasteiger partial charge in [-0.05, 0) is 48.3 Å². The summed E-state index contributed by atoms with van der Waals surface area (Å²) < 4.78 is 0. The van der Waals surface area contributed by atoms with Gasteiger partial charge in [0.25, 0.3) is 11.8 Å². The van der Waals surface area contributed by atoms with Gasteiger partial charge in [0.05, 0.1) is 16.3 Å². The molecule has 2 heterocycles. The van der Waals surface area contributed by atoms with E-state index in [9.17, 15) is 14.7 Å². The van der Waals surface area contributed by atoms with Crippen LogP contribution < -0.4 is 10.6 Å². The van der Waals surface area contributed by atoms with E-state index in [4.69, 9.17) is 34.8 Å². The molecular weight excluding hydrogens is 531 g/mol. The fourth-order valence-corrected chi connectivity index (χ4v) is 5.27. The molecule has 0 saturated carbocycles. The molecule has 3 N–H and O–H groups in total. The second kappa shape index (κ2) is 11.2. The number of carbonyl (C=O) groups excluding carboxylic acids is 2. The first-order valence-electron chi connectivity index (χ1n) is 10.8. The zero-order chi connectivity index (χ0) is 25.1. The number of halogens is 3. The van der Waals surface area contributed by atoms with Crippen molar-refractivity contribution in [2.24, 2.45) is 0 Å². The predicted octanol–water partition coefficient (Wildman–Crippen LogP) is 5.67. The van der Waals surface area contributed by atoms with Crippen LogP contribution in [0.25, 0.3) is 0 Å². The van der Waals surface area contributed by atoms with E-state index in [1.807, 2.05) is 5.38 Å². The van der Waals surface area contributed by atoms with Gasteiger partial charge in [0.1, 0.15) is 10.6 Å². The molecule has 1 aliphatic rings. The smallest absolute Gasteiger partial charge is 0.267 e. The third kappa shape index (κ3) is 6.27. The van der Waals surface area contributed by atoms with Crippen LogP contribution in [0.1, 0.15) is 25.6 Å². The number of hydrogen-bond donors (Lipinski definition) is 3. The molecule has 2 amide bonds. The largest absolute Gasteiger partial charge is 0.506 e. The third-order valence-electron chi connectivity index (χ3n) is 5.66. The number of phenolic OH excluding ortho intramolecular Hbond substituents is 1. The standard InChI is InChI=1S/C24H23Cl3N4O3S/c1-30-6-8-31(9-7-30)12-14-13-35-22(20(14)27)24(34)29-21-18(10-16(26)11-19(21)32)23(33)28-17-4-2-15(25)3-5-17/h2-5,10-11,13,32H,6-9,12H2,1H3,(H,28,33)(H,29,34). The lowest BCUT2D eigenvalue weighted by molar-refractivity contribution is 0.102. The molecule has 0 spiro atoms. The van der Waals surface area contributed by atoms with E-state index in [0.717, 1.165) is 31.7 Å². The third-order valence-corrected chi connectivity index (χ3v) is 7.71. The number of amides is 2. The number of nitrogens with one attached hydrogen (secondary N) is 2. The molecule has 35 heavy (non-hydrogen) atoms. The zero-order valence-electron chi connectivity index (χ0n) is 18.8. The van der Waals surface area contributed by atoms with Gasteiger partial charge in [0.15, 0.2) is 0 Å². The Balaban J connectivity index is 1.53. The number of carbonyl (C=O) groups is 2. The van der Waals surface area contributed by atoms with Gasteiger partial charge in [0.2, 0.25) is 0 Å². The van der Waals surface area contributed by atoms with E-state index in [1.54, 1.807) is 24.3 Å². The number of phenols is 1. The molecule has 1 saturated heterocycles. The summed E-state index contributed by atoms with van der Waals surface area (Å²) >= 11 is 19.8. The molecule has 0 unspecified atom stereocenters. The number of aromatic hydroxyl groups is 1. The quantitative estimate of drug-likeness (QED) is 0.343. The van der Waals surface area contributed by atoms with Crippen molar-refractivity contribution in [3.63, 3.8) is 0 Å². The van der Waals surface area contributed by atoms with E-state index in [0.29, 0.717) is 27.2 Å². The Morgan fingerprint density at radius 3 is 2.34 bits per heavy atom. The van der Waals surface area contributed by atoms with Crippen LogP contribution in [0, 0.1) is 0 Å². The highest BCUT2D eigenvalue weighted by atomic mass is 35.5. The molecule has 2 aromatic carbocycles. The molecule has 0 bridgehead atoms. The maximum absolute atomic E-state index is 13.1. The summed E-state index contributed by atoms with van der Waals surface area (Å²) in [6.45, 7) is 4.46. The Morgan fingerprint density at radius 1 is 0.971 bits per heavy atom. The van der Waals surface area contributed by atoms with Gasteiger partial charge >= 0.3 is 0 Å². The van der Waals surface area contributed by atoms with Crippen LogP contribution in [0.5, 0.6) is 5.75 Å². The van der Waals surface area contributed by atoms with Crippen molar-refractivity contribution >= 4 is 69.3 Å². The average Bonchev–Trinajstić information content (AvgIpc) is 3.18. The van der Waals surface area contributed by atoms with Crippen molar-refractivity contribution in [1.29, 1.82) is 0 Å². The second-order valence-corrected chi connectivity index (χ2v) is 10.4. The minimum absolute atomic E-state index is 0.00337. The van der Waals surface area contributed by atoms with Crippen LogP contribution >= 0.6 is 46.1 Å². The second-order valence-electron chi connectivity index (χ2n) is 8.25. The highest BCUT2D eigenvalue weighted by Crippen LogP contribution is 2.35. The first kappa shape index (κ1) is 25.8. The van der Waals surface area contributed by atoms with Crippen LogP contribution in [-0.2, 0) is 6.54 Å². The molecule has 1 fully saturated rings. The van der Waals surface area contributed by atoms with Crippen molar-refractivity contribution < 1.29 is 14.7 Å². The number of piperazine rings is 1. The Morgan fingerprint density at radius 2 is 1.66 bits per heavy atom. The van der Waals surface area contributed by atoms with Gasteiger partial charge < -0.3 is 20.6 Å². The van der Waals surface area contributed by atoms with E-state index in [-0.39, 0.29) is 22.0 Å². The molecule has 1 aromatic heterocycles. The molecule has 7 nitrogen and oxygen atoms in total. The fraction of sp³-hybridized carbons (Fsp3) is 0.250. The van der Waals surface area contributed by atoms with Crippen molar-refractivity contribution in [3.05, 3.63) is 72.9 Å². The van der Waals surface area contributed by atoms with Crippen LogP contribution in [0.4, 0.5) is 11.4 Å². The molecule has 4 rings (SSSR count). The van der Waals surface area contributed by atoms with E-state index in [1.165, 1.54) is 23.5 Å². The predicted molar refractivity (Wildman–Crippen MR) is 143 cm³/mol. The van der Waals surface area contributed by atoms with E-state index < -0.39 is 11.8 Å². The van der Waals surface area contributed by atoms with Gasteiger partial charge in [-0.25, -0.2) is 0 Å². The lowest BCUT2D eigenvalue weighted by Crippen LogP contribution is -2.43. The van der Waals surface area contributed by atoms with Gasteiger partial charge in [0, 0.05) is 54.5 Å². The van der Waals surface area contributed by atoms with Crippen molar-refractivity contribution in [2.75, 3.05) is 43.9 Å². The Kier molecular flexibility index (Phi) is 8.21. The first-order chi connectivity index (χ1) is 16.7. The molecule has 11 heteroatoms. The van der Waals surface area contributed by atoms with Gasteiger partial charge in [-0.3, -0.25) is 14.5 Å². The monoisotopic (exact) mass is 552 g/mol. The van der Waals surface area contributed by atoms with Crippen LogP contribution in [0.15, 0.2) is 41.8 Å². The summed E-state index contributed by atoms with van der Waals surface area (Å²) in [5.41, 5.74) is 1.30. The number of rotatable bonds is 6. The number of hydrogen-bond acceptors (Lipinski definition) is 6. The summed E-state index contributed by atoms with van der Waals surface area (Å²) in [6, 6.07) is 9.16. The summed E-state index contributed by atoms with van der Waals surface area (Å²) in [4.78, 5) is 30.9. The number of nitrogens with zero attached hydrogens (tertiary/aromatic N) is 2. The maximum atomic E-state index is 13.1. The molecule has 0 radical (unpaired) electrons. The van der Waals surface area contributed by atoms with Gasteiger partial charge in [-0.2, -0.15) is 0 Å². The summed E-state index contributed by atoms with van der Waals surface area (Å²) in [6.07, 6.45) is 0. The molecule has 1 aliphatic heterocycles. The molecule has 184 valence electrons. The fourth-order valence-electron chi connectivity index (χ4n) is 3.69. The minimum atomic E-state index is -0.562. The number of anilines is 2. The van der Waals surface area contributed by atoms with E-state index in [2.05, 4.69) is 27.5 Å². The SMILES string of the molecule is CN1CCN(Cc2csc(C(=O)Nc3c(O)cc(Cl)cc3C(=O)Nc3ccc(Cl)cc3)c2Cl)CC1. The number of thiophene rings is 1. The molecule has 3 aromatic rings. The summed E-state index contributed by atoms with van der Waals surface area (Å²) in [7, 11) is 2.09. The number of likely N-dealkylation sites (N-methyl/N-ethyl adjacent to an activating group) is 1.